The van der Waals surface area contributed by atoms with E-state index in [1.54, 1.807) is 11.3 Å². The molecule has 0 spiro atoms. The zero-order valence-electron chi connectivity index (χ0n) is 35.0. The normalized spacial score (nSPS) is 13.1. The molecule has 0 aliphatic carbocycles. The van der Waals surface area contributed by atoms with E-state index in [1.165, 1.54) is 0 Å². The van der Waals surface area contributed by atoms with Gasteiger partial charge in [-0.15, -0.1) is 11.3 Å². The van der Waals surface area contributed by atoms with E-state index in [4.69, 9.17) is 26.2 Å². The maximum absolute atomic E-state index is 8.94. The van der Waals surface area contributed by atoms with Gasteiger partial charge in [-0.25, -0.2) is 15.0 Å². The number of aromatic nitrogens is 4. The number of hydrogen-bond acceptors (Lipinski definition) is 5. The third kappa shape index (κ3) is 4.98. The molecule has 8 aromatic carbocycles. The standard InChI is InChI=1S/C51H30N4OS/c1-4-15-31(16-5-1)35-23-14-24-38-40-29-34(55-42-25-12-10-21-36(42)37-27-28-44-45(46(37)55)39-22-11-13-26-43(39)56-44)30-41(48(40)57-47(35)38)51-53-49(32-17-6-2-7-18-32)52-50(54-51)33-19-8-3-9-20-33/h1-30H/i2D,6D,7D,17D,18D. The van der Waals surface area contributed by atoms with Crippen molar-refractivity contribution in [3.05, 3.63) is 182 Å². The second kappa shape index (κ2) is 12.6. The highest BCUT2D eigenvalue weighted by Gasteiger charge is 2.23. The minimum atomic E-state index is -0.485. The number of benzene rings is 8. The first-order valence-electron chi connectivity index (χ1n) is 21.1. The highest BCUT2D eigenvalue weighted by Crippen LogP contribution is 2.47. The van der Waals surface area contributed by atoms with Crippen LogP contribution in [0.2, 0.25) is 0 Å². The lowest BCUT2D eigenvalue weighted by molar-refractivity contribution is 0.669. The summed E-state index contributed by atoms with van der Waals surface area (Å²) in [6.45, 7) is 0. The lowest BCUT2D eigenvalue weighted by Gasteiger charge is -2.13. The largest absolute Gasteiger partial charge is 0.456 e. The molecule has 57 heavy (non-hydrogen) atoms. The summed E-state index contributed by atoms with van der Waals surface area (Å²) in [5, 5.41) is 6.26. The maximum Gasteiger partial charge on any atom is 0.165 e. The van der Waals surface area contributed by atoms with Gasteiger partial charge in [0.05, 0.1) is 23.3 Å². The van der Waals surface area contributed by atoms with Gasteiger partial charge in [0, 0.05) is 58.7 Å². The zero-order chi connectivity index (χ0) is 41.8. The molecular weight excluding hydrogens is 717 g/mol. The second-order valence-electron chi connectivity index (χ2n) is 14.0. The van der Waals surface area contributed by atoms with Crippen molar-refractivity contribution >= 4 is 75.3 Å². The van der Waals surface area contributed by atoms with Gasteiger partial charge in [-0.1, -0.05) is 145 Å². The van der Waals surface area contributed by atoms with Crippen LogP contribution in [0.1, 0.15) is 6.85 Å². The van der Waals surface area contributed by atoms with E-state index in [0.29, 0.717) is 22.8 Å². The van der Waals surface area contributed by atoms with Gasteiger partial charge in [0.25, 0.3) is 0 Å². The molecule has 4 heterocycles. The smallest absolute Gasteiger partial charge is 0.165 e. The Morgan fingerprint density at radius 3 is 1.96 bits per heavy atom. The van der Waals surface area contributed by atoms with Crippen LogP contribution in [0.15, 0.2) is 186 Å². The van der Waals surface area contributed by atoms with Crippen molar-refractivity contribution in [2.24, 2.45) is 0 Å². The van der Waals surface area contributed by atoms with Crippen molar-refractivity contribution in [2.75, 3.05) is 0 Å². The van der Waals surface area contributed by atoms with E-state index in [9.17, 15) is 0 Å². The first-order valence-corrected chi connectivity index (χ1v) is 19.4. The van der Waals surface area contributed by atoms with Crippen LogP contribution in [0, 0.1) is 0 Å². The topological polar surface area (TPSA) is 56.7 Å². The Balaban J connectivity index is 1.24. The van der Waals surface area contributed by atoms with Crippen LogP contribution in [0.25, 0.3) is 115 Å². The van der Waals surface area contributed by atoms with E-state index in [1.807, 2.05) is 66.7 Å². The number of para-hydroxylation sites is 2. The van der Waals surface area contributed by atoms with Crippen molar-refractivity contribution in [1.82, 2.24) is 19.5 Å². The average molecular weight is 752 g/mol. The molecule has 12 aromatic rings. The summed E-state index contributed by atoms with van der Waals surface area (Å²) in [5.74, 6) is 0.601. The fourth-order valence-corrected chi connectivity index (χ4v) is 9.57. The monoisotopic (exact) mass is 751 g/mol. The van der Waals surface area contributed by atoms with Crippen molar-refractivity contribution in [3.63, 3.8) is 0 Å². The van der Waals surface area contributed by atoms with E-state index >= 15 is 0 Å². The van der Waals surface area contributed by atoms with Crippen LogP contribution >= 0.6 is 11.3 Å². The van der Waals surface area contributed by atoms with Gasteiger partial charge in [0.1, 0.15) is 11.2 Å². The summed E-state index contributed by atoms with van der Waals surface area (Å²) in [6.07, 6.45) is 0. The molecule has 0 fully saturated rings. The lowest BCUT2D eigenvalue weighted by Crippen LogP contribution is -2.01. The molecule has 0 aliphatic rings. The number of rotatable bonds is 5. The van der Waals surface area contributed by atoms with Gasteiger partial charge in [0.15, 0.2) is 17.5 Å². The minimum absolute atomic E-state index is 0.0149. The van der Waals surface area contributed by atoms with Crippen LogP contribution < -0.4 is 0 Å². The summed E-state index contributed by atoms with van der Waals surface area (Å²) in [6, 6.07) is 49.1. The third-order valence-corrected chi connectivity index (χ3v) is 12.0. The Bertz CT molecular complexity index is 3800. The molecule has 0 saturated heterocycles. The number of thiophene rings is 1. The van der Waals surface area contributed by atoms with Gasteiger partial charge in [0.2, 0.25) is 0 Å². The number of fused-ring (bicyclic) bond motifs is 10. The lowest BCUT2D eigenvalue weighted by atomic mass is 10.0. The van der Waals surface area contributed by atoms with Crippen molar-refractivity contribution in [1.29, 1.82) is 0 Å². The molecule has 0 saturated carbocycles. The van der Waals surface area contributed by atoms with Crippen LogP contribution in [0.3, 0.4) is 0 Å². The second-order valence-corrected chi connectivity index (χ2v) is 15.0. The van der Waals surface area contributed by atoms with Gasteiger partial charge in [-0.3, -0.25) is 0 Å². The van der Waals surface area contributed by atoms with Crippen LogP contribution in [-0.4, -0.2) is 19.5 Å². The van der Waals surface area contributed by atoms with Gasteiger partial charge < -0.3 is 8.98 Å². The molecule has 6 heteroatoms. The van der Waals surface area contributed by atoms with Crippen molar-refractivity contribution < 1.29 is 11.3 Å². The molecule has 0 amide bonds. The van der Waals surface area contributed by atoms with Crippen LogP contribution in [-0.2, 0) is 0 Å². The SMILES string of the molecule is [2H]c1c([2H])c([2H])c(-c2nc(-c3ccccc3)nc(-c3cc(-n4c5ccccc5c5ccc6oc7ccccc7c6c54)cc4c3sc3c(-c5ccccc5)cccc34)n2)c([2H])c1[2H]. The Morgan fingerprint density at radius 2 is 1.14 bits per heavy atom. The number of nitrogens with zero attached hydrogens (tertiary/aromatic N) is 4. The molecule has 0 N–H and O–H groups in total. The van der Waals surface area contributed by atoms with Crippen molar-refractivity contribution in [2.45, 2.75) is 0 Å². The molecule has 0 unspecified atom stereocenters. The minimum Gasteiger partial charge on any atom is -0.456 e. The third-order valence-electron chi connectivity index (χ3n) is 10.7. The van der Waals surface area contributed by atoms with Crippen LogP contribution in [0.5, 0.6) is 0 Å². The molecule has 12 rings (SSSR count). The molecular formula is C51H30N4OS. The summed E-state index contributed by atoms with van der Waals surface area (Å²) >= 11 is 1.66. The molecule has 5 nitrogen and oxygen atoms in total. The molecule has 0 radical (unpaired) electrons. The first kappa shape index (κ1) is 27.2. The van der Waals surface area contributed by atoms with E-state index < -0.39 is 18.1 Å². The van der Waals surface area contributed by atoms with E-state index in [-0.39, 0.29) is 23.5 Å². The predicted molar refractivity (Wildman–Crippen MR) is 236 cm³/mol. The number of hydrogen-bond donors (Lipinski definition) is 0. The van der Waals surface area contributed by atoms with E-state index in [2.05, 4.69) is 89.5 Å². The Labute approximate surface area is 337 Å². The van der Waals surface area contributed by atoms with E-state index in [0.717, 1.165) is 80.7 Å². The highest BCUT2D eigenvalue weighted by atomic mass is 32.1. The summed E-state index contributed by atoms with van der Waals surface area (Å²) in [7, 11) is 0. The van der Waals surface area contributed by atoms with Gasteiger partial charge >= 0.3 is 0 Å². The molecule has 0 aliphatic heterocycles. The molecule has 4 aromatic heterocycles. The average Bonchev–Trinajstić information content (AvgIpc) is 4.00. The molecule has 0 atom stereocenters. The Hall–Kier alpha value is -7.41. The van der Waals surface area contributed by atoms with Gasteiger partial charge in [-0.2, -0.15) is 0 Å². The Kier molecular flexibility index (Phi) is 6.00. The van der Waals surface area contributed by atoms with Crippen LogP contribution in [0.4, 0.5) is 0 Å². The molecule has 0 bridgehead atoms. The zero-order valence-corrected chi connectivity index (χ0v) is 30.9. The Morgan fingerprint density at radius 1 is 0.474 bits per heavy atom. The fraction of sp³-hybridized carbons (Fsp3) is 0. The molecule has 266 valence electrons. The summed E-state index contributed by atoms with van der Waals surface area (Å²) in [5.41, 5.74) is 7.97. The fourth-order valence-electron chi connectivity index (χ4n) is 8.24. The number of furan rings is 1. The summed E-state index contributed by atoms with van der Waals surface area (Å²) in [4.78, 5) is 15.0. The highest BCUT2D eigenvalue weighted by molar-refractivity contribution is 7.26. The predicted octanol–water partition coefficient (Wildman–Crippen LogP) is 13.9. The quantitative estimate of drug-likeness (QED) is 0.176. The first-order chi connectivity index (χ1) is 30.3. The van der Waals surface area contributed by atoms with Gasteiger partial charge in [-0.05, 0) is 47.5 Å². The summed E-state index contributed by atoms with van der Waals surface area (Å²) < 4.78 is 54.1. The maximum atomic E-state index is 8.94. The van der Waals surface area contributed by atoms with Crippen molar-refractivity contribution in [3.8, 4) is 51.0 Å².